The Kier molecular flexibility index (Phi) is 7.26. The Hall–Kier alpha value is -3.25. The number of nitrogens with zero attached hydrogens (tertiary/aromatic N) is 1. The number of aromatic nitrogens is 1. The summed E-state index contributed by atoms with van der Waals surface area (Å²) in [5, 5.41) is 1.41. The lowest BCUT2D eigenvalue weighted by Crippen LogP contribution is -2.25. The topological polar surface area (TPSA) is 66.8 Å². The van der Waals surface area contributed by atoms with Crippen LogP contribution in [0, 0.1) is 13.8 Å². The van der Waals surface area contributed by atoms with Gasteiger partial charge >= 0.3 is 11.9 Å². The number of halogens is 1. The number of esters is 2. The van der Waals surface area contributed by atoms with E-state index in [0.717, 1.165) is 27.7 Å². The van der Waals surface area contributed by atoms with Gasteiger partial charge in [-0.1, -0.05) is 36.4 Å². The minimum Gasteiger partial charge on any atom is -0.477 e. The molecular weight excluding hydrogens is 430 g/mol. The maximum atomic E-state index is 12.2. The standard InChI is InChI=1S/C25H26ClNO5/c1-6-12-31-25(29)18-10-11-21-20(13-18)15(2)16(3)27(21)14-19-8-7-9-22(23(19)26)32-17(4)24(28)30-5/h6-11,13,17H,1,12,14H2,2-5H3. The van der Waals surface area contributed by atoms with Crippen LogP contribution in [0.3, 0.4) is 0 Å². The number of carbonyl (C=O) groups is 2. The molecular formula is C25H26ClNO5. The highest BCUT2D eigenvalue weighted by molar-refractivity contribution is 6.32. The smallest absolute Gasteiger partial charge is 0.346 e. The number of carbonyl (C=O) groups excluding carboxylic acids is 2. The predicted molar refractivity (Wildman–Crippen MR) is 125 cm³/mol. The molecule has 0 fully saturated rings. The summed E-state index contributed by atoms with van der Waals surface area (Å²) >= 11 is 6.62. The Balaban J connectivity index is 1.95. The van der Waals surface area contributed by atoms with E-state index >= 15 is 0 Å². The van der Waals surface area contributed by atoms with Gasteiger partial charge in [-0.3, -0.25) is 0 Å². The minimum atomic E-state index is -0.775. The molecule has 0 aliphatic carbocycles. The van der Waals surface area contributed by atoms with Crippen LogP contribution in [0.25, 0.3) is 10.9 Å². The van der Waals surface area contributed by atoms with Gasteiger partial charge in [-0.15, -0.1) is 0 Å². The maximum absolute atomic E-state index is 12.2. The van der Waals surface area contributed by atoms with Crippen molar-refractivity contribution in [3.63, 3.8) is 0 Å². The largest absolute Gasteiger partial charge is 0.477 e. The number of fused-ring (bicyclic) bond motifs is 1. The first-order valence-corrected chi connectivity index (χ1v) is 10.6. The van der Waals surface area contributed by atoms with Gasteiger partial charge in [0, 0.05) is 23.1 Å². The summed E-state index contributed by atoms with van der Waals surface area (Å²) in [5.41, 5.74) is 4.44. The second-order valence-electron chi connectivity index (χ2n) is 7.43. The van der Waals surface area contributed by atoms with Gasteiger partial charge in [-0.05, 0) is 56.2 Å². The van der Waals surface area contributed by atoms with Crippen molar-refractivity contribution in [3.05, 3.63) is 76.5 Å². The lowest BCUT2D eigenvalue weighted by Gasteiger charge is -2.16. The molecule has 0 N–H and O–H groups in total. The van der Waals surface area contributed by atoms with E-state index in [9.17, 15) is 9.59 Å². The fourth-order valence-corrected chi connectivity index (χ4v) is 3.77. The Morgan fingerprint density at radius 2 is 1.97 bits per heavy atom. The molecule has 32 heavy (non-hydrogen) atoms. The van der Waals surface area contributed by atoms with Gasteiger partial charge in [-0.25, -0.2) is 9.59 Å². The van der Waals surface area contributed by atoms with Crippen LogP contribution < -0.4 is 4.74 Å². The molecule has 1 unspecified atom stereocenters. The first-order valence-electron chi connectivity index (χ1n) is 10.2. The van der Waals surface area contributed by atoms with E-state index in [1.165, 1.54) is 13.2 Å². The number of benzene rings is 2. The zero-order valence-electron chi connectivity index (χ0n) is 18.6. The van der Waals surface area contributed by atoms with Crippen LogP contribution in [0.5, 0.6) is 5.75 Å². The lowest BCUT2D eigenvalue weighted by atomic mass is 10.1. The number of methoxy groups -OCH3 is 1. The fraction of sp³-hybridized carbons (Fsp3) is 0.280. The van der Waals surface area contributed by atoms with Crippen LogP contribution in [-0.2, 0) is 20.8 Å². The summed E-state index contributed by atoms with van der Waals surface area (Å²) in [5.74, 6) is -0.443. The highest BCUT2D eigenvalue weighted by Crippen LogP contribution is 2.32. The number of aryl methyl sites for hydroxylation is 1. The molecule has 0 saturated carbocycles. The van der Waals surface area contributed by atoms with Crippen LogP contribution in [0.15, 0.2) is 49.1 Å². The van der Waals surface area contributed by atoms with E-state index in [0.29, 0.717) is 22.9 Å². The first kappa shape index (κ1) is 23.4. The summed E-state index contributed by atoms with van der Waals surface area (Å²) in [7, 11) is 1.31. The zero-order valence-corrected chi connectivity index (χ0v) is 19.4. The number of hydrogen-bond donors (Lipinski definition) is 0. The fourth-order valence-electron chi connectivity index (χ4n) is 3.54. The van der Waals surface area contributed by atoms with Crippen LogP contribution in [0.1, 0.15) is 34.1 Å². The van der Waals surface area contributed by atoms with Crippen LogP contribution in [0.4, 0.5) is 0 Å². The van der Waals surface area contributed by atoms with Gasteiger partial charge in [-0.2, -0.15) is 0 Å². The maximum Gasteiger partial charge on any atom is 0.346 e. The molecule has 0 bridgehead atoms. The molecule has 0 saturated heterocycles. The highest BCUT2D eigenvalue weighted by atomic mass is 35.5. The molecule has 1 aromatic heterocycles. The van der Waals surface area contributed by atoms with Crippen molar-refractivity contribution in [3.8, 4) is 5.75 Å². The number of rotatable bonds is 8. The molecule has 1 atom stereocenters. The third-order valence-electron chi connectivity index (χ3n) is 5.42. The van der Waals surface area contributed by atoms with Gasteiger partial charge in [0.05, 0.1) is 17.7 Å². The molecule has 0 radical (unpaired) electrons. The van der Waals surface area contributed by atoms with Crippen molar-refractivity contribution >= 4 is 34.4 Å². The molecule has 168 valence electrons. The van der Waals surface area contributed by atoms with Gasteiger partial charge < -0.3 is 18.8 Å². The molecule has 7 heteroatoms. The lowest BCUT2D eigenvalue weighted by molar-refractivity contribution is -0.147. The molecule has 3 rings (SSSR count). The summed E-state index contributed by atoms with van der Waals surface area (Å²) < 4.78 is 17.7. The molecule has 2 aromatic carbocycles. The SMILES string of the molecule is C=CCOC(=O)c1ccc2c(c1)c(C)c(C)n2Cc1cccc(OC(C)C(=O)OC)c1Cl. The van der Waals surface area contributed by atoms with Crippen LogP contribution >= 0.6 is 11.6 Å². The average molecular weight is 456 g/mol. The van der Waals surface area contributed by atoms with Gasteiger partial charge in [0.15, 0.2) is 6.10 Å². The zero-order chi connectivity index (χ0) is 23.4. The molecule has 6 nitrogen and oxygen atoms in total. The van der Waals surface area contributed by atoms with Gasteiger partial charge in [0.1, 0.15) is 12.4 Å². The summed E-state index contributed by atoms with van der Waals surface area (Å²) in [6.45, 7) is 9.89. The third kappa shape index (κ3) is 4.65. The quantitative estimate of drug-likeness (QED) is 0.343. The second-order valence-corrected chi connectivity index (χ2v) is 7.81. The summed E-state index contributed by atoms with van der Waals surface area (Å²) in [4.78, 5) is 23.9. The van der Waals surface area contributed by atoms with Crippen molar-refractivity contribution in [2.45, 2.75) is 33.4 Å². The minimum absolute atomic E-state index is 0.168. The van der Waals surface area contributed by atoms with E-state index in [1.807, 2.05) is 38.1 Å². The van der Waals surface area contributed by atoms with Crippen molar-refractivity contribution in [1.29, 1.82) is 0 Å². The average Bonchev–Trinajstić information content (AvgIpc) is 3.03. The van der Waals surface area contributed by atoms with Gasteiger partial charge in [0.25, 0.3) is 0 Å². The molecule has 1 heterocycles. The van der Waals surface area contributed by atoms with E-state index in [-0.39, 0.29) is 12.6 Å². The van der Waals surface area contributed by atoms with Gasteiger partial charge in [0.2, 0.25) is 0 Å². The highest BCUT2D eigenvalue weighted by Gasteiger charge is 2.19. The third-order valence-corrected chi connectivity index (χ3v) is 5.84. The van der Waals surface area contributed by atoms with E-state index in [1.54, 1.807) is 19.1 Å². The molecule has 0 aliphatic heterocycles. The first-order chi connectivity index (χ1) is 15.3. The van der Waals surface area contributed by atoms with Crippen LogP contribution in [0.2, 0.25) is 5.02 Å². The molecule has 0 amide bonds. The Labute approximate surface area is 192 Å². The Morgan fingerprint density at radius 3 is 2.66 bits per heavy atom. The predicted octanol–water partition coefficient (Wildman–Crippen LogP) is 5.24. The number of hydrogen-bond acceptors (Lipinski definition) is 5. The van der Waals surface area contributed by atoms with E-state index in [2.05, 4.69) is 11.1 Å². The molecule has 0 spiro atoms. The number of ether oxygens (including phenoxy) is 3. The van der Waals surface area contributed by atoms with E-state index in [4.69, 9.17) is 25.8 Å². The molecule has 3 aromatic rings. The van der Waals surface area contributed by atoms with Crippen molar-refractivity contribution < 1.29 is 23.8 Å². The van der Waals surface area contributed by atoms with Crippen molar-refractivity contribution in [2.75, 3.05) is 13.7 Å². The normalized spacial score (nSPS) is 11.8. The van der Waals surface area contributed by atoms with E-state index < -0.39 is 12.1 Å². The van der Waals surface area contributed by atoms with Crippen LogP contribution in [-0.4, -0.2) is 36.3 Å². The van der Waals surface area contributed by atoms with Crippen molar-refractivity contribution in [2.24, 2.45) is 0 Å². The Bertz CT molecular complexity index is 1180. The monoisotopic (exact) mass is 455 g/mol. The Morgan fingerprint density at radius 1 is 1.22 bits per heavy atom. The molecule has 0 aliphatic rings. The second kappa shape index (κ2) is 9.92. The van der Waals surface area contributed by atoms with Crippen molar-refractivity contribution in [1.82, 2.24) is 4.57 Å². The summed E-state index contributed by atoms with van der Waals surface area (Å²) in [6.07, 6.45) is 0.763. The summed E-state index contributed by atoms with van der Waals surface area (Å²) in [6, 6.07) is 11.0.